The van der Waals surface area contributed by atoms with Gasteiger partial charge in [0.1, 0.15) is 0 Å². The van der Waals surface area contributed by atoms with Gasteiger partial charge in [0.05, 0.1) is 13.2 Å². The quantitative estimate of drug-likeness (QED) is 0.519. The van der Waals surface area contributed by atoms with Gasteiger partial charge in [-0.05, 0) is 12.3 Å². The van der Waals surface area contributed by atoms with Crippen LogP contribution in [0.5, 0.6) is 0 Å². The lowest BCUT2D eigenvalue weighted by Crippen LogP contribution is -2.49. The maximum absolute atomic E-state index is 11.8. The largest absolute Gasteiger partial charge is 0.341 e. The molecule has 2 fully saturated rings. The van der Waals surface area contributed by atoms with Crippen molar-refractivity contribution in [1.29, 1.82) is 0 Å². The summed E-state index contributed by atoms with van der Waals surface area (Å²) in [5.41, 5.74) is 0. The predicted octanol–water partition coefficient (Wildman–Crippen LogP) is 0.895. The van der Waals surface area contributed by atoms with E-state index in [2.05, 4.69) is 12.2 Å². The molecule has 2 aliphatic carbocycles. The molecule has 0 aromatic heterocycles. The summed E-state index contributed by atoms with van der Waals surface area (Å²) in [6, 6.07) is 0. The van der Waals surface area contributed by atoms with Crippen molar-refractivity contribution in [1.82, 2.24) is 0 Å². The molecule has 1 heterocycles. The summed E-state index contributed by atoms with van der Waals surface area (Å²) in [7, 11) is 0. The van der Waals surface area contributed by atoms with Crippen LogP contribution < -0.4 is 0 Å². The van der Waals surface area contributed by atoms with Crippen molar-refractivity contribution in [2.45, 2.75) is 18.6 Å². The molecule has 1 saturated heterocycles. The first-order valence-corrected chi connectivity index (χ1v) is 4.81. The van der Waals surface area contributed by atoms with Crippen molar-refractivity contribution in [2.75, 3.05) is 13.2 Å². The Balaban J connectivity index is 1.99. The summed E-state index contributed by atoms with van der Waals surface area (Å²) in [5.74, 6) is -0.142. The molecule has 0 amide bonds. The lowest BCUT2D eigenvalue weighted by molar-refractivity contribution is -0.200. The standard InChI is InChI=1S/C10H12O3/c11-9-6-7-1-2-8(5-7)10(9)12-3-4-13-10/h1-2,7-8H,3-6H2/t7-,8+/m1/s1. The van der Waals surface area contributed by atoms with E-state index in [0.717, 1.165) is 6.42 Å². The number of hydrogen-bond acceptors (Lipinski definition) is 3. The Hall–Kier alpha value is -0.670. The van der Waals surface area contributed by atoms with Gasteiger partial charge in [0, 0.05) is 12.3 Å². The van der Waals surface area contributed by atoms with Gasteiger partial charge in [0.2, 0.25) is 5.79 Å². The van der Waals surface area contributed by atoms with Gasteiger partial charge in [-0.25, -0.2) is 0 Å². The van der Waals surface area contributed by atoms with E-state index in [0.29, 0.717) is 25.6 Å². The maximum atomic E-state index is 11.8. The van der Waals surface area contributed by atoms with Crippen LogP contribution in [0.2, 0.25) is 0 Å². The van der Waals surface area contributed by atoms with Gasteiger partial charge in [-0.3, -0.25) is 4.79 Å². The monoisotopic (exact) mass is 180 g/mol. The Labute approximate surface area is 76.7 Å². The maximum Gasteiger partial charge on any atom is 0.235 e. The average molecular weight is 180 g/mol. The predicted molar refractivity (Wildman–Crippen MR) is 45.0 cm³/mol. The number of fused-ring (bicyclic) bond motifs is 3. The summed E-state index contributed by atoms with van der Waals surface area (Å²) in [6.45, 7) is 1.11. The molecule has 3 aliphatic rings. The molecule has 1 spiro atoms. The van der Waals surface area contributed by atoms with Crippen LogP contribution >= 0.6 is 0 Å². The zero-order valence-electron chi connectivity index (χ0n) is 7.36. The number of allylic oxidation sites excluding steroid dienone is 1. The summed E-state index contributed by atoms with van der Waals surface area (Å²) in [5, 5.41) is 0. The molecule has 0 radical (unpaired) electrons. The first-order valence-electron chi connectivity index (χ1n) is 4.81. The molecule has 2 bridgehead atoms. The fraction of sp³-hybridized carbons (Fsp3) is 0.700. The molecule has 13 heavy (non-hydrogen) atoms. The summed E-state index contributed by atoms with van der Waals surface area (Å²) in [4.78, 5) is 11.8. The van der Waals surface area contributed by atoms with Gasteiger partial charge in [0.25, 0.3) is 0 Å². The molecule has 0 aromatic rings. The van der Waals surface area contributed by atoms with Crippen molar-refractivity contribution in [3.63, 3.8) is 0 Å². The van der Waals surface area contributed by atoms with Crippen LogP contribution in [-0.4, -0.2) is 24.8 Å². The van der Waals surface area contributed by atoms with Crippen LogP contribution in [0.1, 0.15) is 12.8 Å². The van der Waals surface area contributed by atoms with E-state index >= 15 is 0 Å². The summed E-state index contributed by atoms with van der Waals surface area (Å²) < 4.78 is 11.0. The van der Waals surface area contributed by atoms with E-state index in [4.69, 9.17) is 9.47 Å². The number of carbonyl (C=O) groups excluding carboxylic acids is 1. The SMILES string of the molecule is O=C1C[C@@H]2C=C[C@@H](C2)C12OCCO2. The number of carbonyl (C=O) groups is 1. The van der Waals surface area contributed by atoms with Crippen LogP contribution in [0.15, 0.2) is 12.2 Å². The molecule has 2 atom stereocenters. The Morgan fingerprint density at radius 3 is 2.85 bits per heavy atom. The smallest absolute Gasteiger partial charge is 0.235 e. The minimum Gasteiger partial charge on any atom is -0.341 e. The fourth-order valence-electron chi connectivity index (χ4n) is 2.60. The minimum absolute atomic E-state index is 0.135. The van der Waals surface area contributed by atoms with Crippen molar-refractivity contribution in [2.24, 2.45) is 11.8 Å². The Morgan fingerprint density at radius 1 is 1.31 bits per heavy atom. The average Bonchev–Trinajstić information content (AvgIpc) is 2.67. The van der Waals surface area contributed by atoms with E-state index in [1.165, 1.54) is 0 Å². The van der Waals surface area contributed by atoms with Crippen LogP contribution in [0.3, 0.4) is 0 Å². The van der Waals surface area contributed by atoms with E-state index in [1.807, 2.05) is 0 Å². The third-order valence-electron chi connectivity index (χ3n) is 3.21. The van der Waals surface area contributed by atoms with Gasteiger partial charge in [-0.2, -0.15) is 0 Å². The zero-order chi connectivity index (χ0) is 8.89. The fourth-order valence-corrected chi connectivity index (χ4v) is 2.60. The second-order valence-corrected chi connectivity index (χ2v) is 3.98. The van der Waals surface area contributed by atoms with Crippen LogP contribution in [0.25, 0.3) is 0 Å². The highest BCUT2D eigenvalue weighted by Crippen LogP contribution is 2.45. The number of rotatable bonds is 0. The number of hydrogen-bond donors (Lipinski definition) is 0. The molecular weight excluding hydrogens is 168 g/mol. The molecule has 70 valence electrons. The lowest BCUT2D eigenvalue weighted by atomic mass is 9.82. The molecule has 1 saturated carbocycles. The molecule has 1 aliphatic heterocycles. The van der Waals surface area contributed by atoms with E-state index in [-0.39, 0.29) is 11.7 Å². The summed E-state index contributed by atoms with van der Waals surface area (Å²) >= 11 is 0. The molecule has 0 aromatic carbocycles. The third-order valence-corrected chi connectivity index (χ3v) is 3.21. The Bertz CT molecular complexity index is 276. The van der Waals surface area contributed by atoms with Crippen LogP contribution in [0.4, 0.5) is 0 Å². The highest BCUT2D eigenvalue weighted by Gasteiger charge is 2.55. The first kappa shape index (κ1) is 7.71. The van der Waals surface area contributed by atoms with Gasteiger partial charge in [-0.15, -0.1) is 0 Å². The molecule has 3 rings (SSSR count). The second-order valence-electron chi connectivity index (χ2n) is 3.98. The van der Waals surface area contributed by atoms with Crippen molar-refractivity contribution < 1.29 is 14.3 Å². The second kappa shape index (κ2) is 2.42. The minimum atomic E-state index is -0.885. The highest BCUT2D eigenvalue weighted by molar-refractivity contribution is 5.88. The Kier molecular flexibility index (Phi) is 1.44. The number of ketones is 1. The van der Waals surface area contributed by atoms with E-state index < -0.39 is 5.79 Å². The molecule has 3 heteroatoms. The van der Waals surface area contributed by atoms with Crippen molar-refractivity contribution in [3.8, 4) is 0 Å². The molecule has 3 nitrogen and oxygen atoms in total. The topological polar surface area (TPSA) is 35.5 Å². The number of Topliss-reactive ketones (excluding diaryl/α,β-unsaturated/α-hetero) is 1. The number of ether oxygens (including phenoxy) is 2. The molecular formula is C10H12O3. The van der Waals surface area contributed by atoms with Crippen LogP contribution in [-0.2, 0) is 14.3 Å². The normalized spacial score (nSPS) is 40.5. The Morgan fingerprint density at radius 2 is 2.08 bits per heavy atom. The van der Waals surface area contributed by atoms with Crippen LogP contribution in [0, 0.1) is 11.8 Å². The summed E-state index contributed by atoms with van der Waals surface area (Å²) in [6.07, 6.45) is 5.82. The van der Waals surface area contributed by atoms with E-state index in [1.54, 1.807) is 0 Å². The highest BCUT2D eigenvalue weighted by atomic mass is 16.7. The third kappa shape index (κ3) is 0.888. The van der Waals surface area contributed by atoms with Gasteiger partial charge in [0.15, 0.2) is 5.78 Å². The van der Waals surface area contributed by atoms with Gasteiger partial charge >= 0.3 is 0 Å². The van der Waals surface area contributed by atoms with Gasteiger partial charge in [-0.1, -0.05) is 12.2 Å². The van der Waals surface area contributed by atoms with Crippen molar-refractivity contribution >= 4 is 5.78 Å². The first-order chi connectivity index (χ1) is 6.31. The lowest BCUT2D eigenvalue weighted by Gasteiger charge is -2.35. The van der Waals surface area contributed by atoms with Gasteiger partial charge < -0.3 is 9.47 Å². The molecule has 0 unspecified atom stereocenters. The van der Waals surface area contributed by atoms with Crippen molar-refractivity contribution in [3.05, 3.63) is 12.2 Å². The van der Waals surface area contributed by atoms with E-state index in [9.17, 15) is 4.79 Å². The zero-order valence-corrected chi connectivity index (χ0v) is 7.36. The molecule has 0 N–H and O–H groups in total.